The van der Waals surface area contributed by atoms with Gasteiger partial charge in [-0.25, -0.2) is 0 Å². The highest BCUT2D eigenvalue weighted by Gasteiger charge is 2.19. The zero-order valence-corrected chi connectivity index (χ0v) is 53.6. The molecule has 0 heterocycles. The SMILES string of the molecule is CC/C=C\C/C=C\C/C=C\C/C=C\CCCCCCCCC(=O)OCC(COC(=O)CCCCCCCCCCCCC/C=C\CCCCCCCCCC)OC(=O)CCCCCCCCCCCCCCCCCCCCCC. The summed E-state index contributed by atoms with van der Waals surface area (Å²) in [5, 5.41) is 0. The van der Waals surface area contributed by atoms with E-state index in [0.717, 1.165) is 89.9 Å². The molecule has 0 radical (unpaired) electrons. The van der Waals surface area contributed by atoms with Crippen LogP contribution in [0.2, 0.25) is 0 Å². The third kappa shape index (κ3) is 65.9. The van der Waals surface area contributed by atoms with Crippen molar-refractivity contribution in [2.45, 2.75) is 380 Å². The standard InChI is InChI=1S/C74H134O6/c1-4-7-10-13-16-19-22-25-28-31-34-36-37-38-41-43-46-49-52-55-58-61-64-67-73(76)79-70-71(69-78-72(75)66-63-60-57-54-51-48-45-42-39-33-30-27-24-21-18-15-12-9-6-3)80-74(77)68-65-62-59-56-53-50-47-44-40-35-32-29-26-23-20-17-14-11-8-5-2/h9,12,18,21,27,30-31,34,39,42,71H,4-8,10-11,13-17,19-20,22-26,28-29,32-33,35-38,40-41,43-70H2,1-3H3/b12-9-,21-18-,30-27-,34-31-,42-39-. The highest BCUT2D eigenvalue weighted by atomic mass is 16.6. The Labute approximate surface area is 498 Å². The fourth-order valence-electron chi connectivity index (χ4n) is 10.5. The Balaban J connectivity index is 4.34. The molecule has 0 fully saturated rings. The van der Waals surface area contributed by atoms with Gasteiger partial charge >= 0.3 is 17.9 Å². The number of esters is 3. The lowest BCUT2D eigenvalue weighted by molar-refractivity contribution is -0.167. The van der Waals surface area contributed by atoms with Crippen molar-refractivity contribution in [3.8, 4) is 0 Å². The first-order valence-electron chi connectivity index (χ1n) is 35.3. The van der Waals surface area contributed by atoms with Crippen LogP contribution in [-0.4, -0.2) is 37.2 Å². The van der Waals surface area contributed by atoms with Crippen molar-refractivity contribution in [1.29, 1.82) is 0 Å². The van der Waals surface area contributed by atoms with Gasteiger partial charge in [-0.1, -0.05) is 332 Å². The highest BCUT2D eigenvalue weighted by Crippen LogP contribution is 2.18. The second-order valence-electron chi connectivity index (χ2n) is 23.8. The Morgan fingerprint density at radius 2 is 0.487 bits per heavy atom. The normalized spacial score (nSPS) is 12.4. The third-order valence-corrected chi connectivity index (χ3v) is 15.8. The number of carbonyl (C=O) groups excluding carboxylic acids is 3. The first kappa shape index (κ1) is 77.1. The molecule has 0 spiro atoms. The first-order chi connectivity index (χ1) is 39.5. The van der Waals surface area contributed by atoms with Gasteiger partial charge in [-0.2, -0.15) is 0 Å². The van der Waals surface area contributed by atoms with Crippen molar-refractivity contribution in [3.05, 3.63) is 60.8 Å². The minimum absolute atomic E-state index is 0.0753. The largest absolute Gasteiger partial charge is 0.462 e. The highest BCUT2D eigenvalue weighted by molar-refractivity contribution is 5.71. The summed E-state index contributed by atoms with van der Waals surface area (Å²) in [4.78, 5) is 38.5. The fraction of sp³-hybridized carbons (Fsp3) is 0.824. The Kier molecular flexibility index (Phi) is 66.1. The van der Waals surface area contributed by atoms with Crippen LogP contribution in [-0.2, 0) is 28.6 Å². The van der Waals surface area contributed by atoms with E-state index in [9.17, 15) is 14.4 Å². The van der Waals surface area contributed by atoms with Gasteiger partial charge in [0.25, 0.3) is 0 Å². The van der Waals surface area contributed by atoms with Crippen LogP contribution in [0, 0.1) is 0 Å². The van der Waals surface area contributed by atoms with Crippen LogP contribution < -0.4 is 0 Å². The summed E-state index contributed by atoms with van der Waals surface area (Å²) >= 11 is 0. The molecule has 0 amide bonds. The smallest absolute Gasteiger partial charge is 0.306 e. The maximum Gasteiger partial charge on any atom is 0.306 e. The molecule has 80 heavy (non-hydrogen) atoms. The molecule has 0 rings (SSSR count). The molecule has 466 valence electrons. The van der Waals surface area contributed by atoms with Crippen molar-refractivity contribution in [2.75, 3.05) is 13.2 Å². The maximum atomic E-state index is 13.0. The van der Waals surface area contributed by atoms with Gasteiger partial charge in [0.15, 0.2) is 6.10 Å². The molecule has 0 saturated heterocycles. The number of hydrogen-bond donors (Lipinski definition) is 0. The van der Waals surface area contributed by atoms with E-state index in [0.29, 0.717) is 19.3 Å². The van der Waals surface area contributed by atoms with Crippen molar-refractivity contribution < 1.29 is 28.6 Å². The van der Waals surface area contributed by atoms with Gasteiger partial charge in [0.1, 0.15) is 13.2 Å². The average molecular weight is 1120 g/mol. The van der Waals surface area contributed by atoms with Crippen molar-refractivity contribution in [3.63, 3.8) is 0 Å². The van der Waals surface area contributed by atoms with Crippen LogP contribution in [0.1, 0.15) is 374 Å². The van der Waals surface area contributed by atoms with Crippen molar-refractivity contribution in [2.24, 2.45) is 0 Å². The number of rotatable bonds is 65. The predicted molar refractivity (Wildman–Crippen MR) is 348 cm³/mol. The molecule has 0 aliphatic heterocycles. The second kappa shape index (κ2) is 68.6. The number of carbonyl (C=O) groups is 3. The fourth-order valence-corrected chi connectivity index (χ4v) is 10.5. The van der Waals surface area contributed by atoms with E-state index in [1.54, 1.807) is 0 Å². The van der Waals surface area contributed by atoms with Gasteiger partial charge in [-0.3, -0.25) is 14.4 Å². The molecule has 0 aromatic heterocycles. The Morgan fingerprint density at radius 1 is 0.263 bits per heavy atom. The number of unbranched alkanes of at least 4 members (excludes halogenated alkanes) is 44. The van der Waals surface area contributed by atoms with Crippen molar-refractivity contribution >= 4 is 17.9 Å². The average Bonchev–Trinajstić information content (AvgIpc) is 3.46. The monoisotopic (exact) mass is 1120 g/mol. The minimum Gasteiger partial charge on any atom is -0.462 e. The van der Waals surface area contributed by atoms with E-state index in [-0.39, 0.29) is 31.1 Å². The van der Waals surface area contributed by atoms with Gasteiger partial charge in [-0.05, 0) is 83.5 Å². The minimum atomic E-state index is -0.781. The summed E-state index contributed by atoms with van der Waals surface area (Å²) in [6.45, 7) is 6.58. The van der Waals surface area contributed by atoms with Gasteiger partial charge in [0.2, 0.25) is 0 Å². The zero-order valence-electron chi connectivity index (χ0n) is 53.6. The van der Waals surface area contributed by atoms with Crippen LogP contribution in [0.25, 0.3) is 0 Å². The third-order valence-electron chi connectivity index (χ3n) is 15.8. The molecule has 0 N–H and O–H groups in total. The van der Waals surface area contributed by atoms with Gasteiger partial charge < -0.3 is 14.2 Å². The predicted octanol–water partition coefficient (Wildman–Crippen LogP) is 24.3. The van der Waals surface area contributed by atoms with E-state index in [1.165, 1.54) is 244 Å². The van der Waals surface area contributed by atoms with E-state index in [1.807, 2.05) is 0 Å². The lowest BCUT2D eigenvalue weighted by atomic mass is 10.0. The summed E-state index contributed by atoms with van der Waals surface area (Å²) in [5.74, 6) is -0.865. The summed E-state index contributed by atoms with van der Waals surface area (Å²) in [6, 6.07) is 0. The van der Waals surface area contributed by atoms with Gasteiger partial charge in [-0.15, -0.1) is 0 Å². The molecule has 6 nitrogen and oxygen atoms in total. The van der Waals surface area contributed by atoms with Crippen LogP contribution in [0.15, 0.2) is 60.8 Å². The van der Waals surface area contributed by atoms with Crippen LogP contribution in [0.3, 0.4) is 0 Å². The second-order valence-corrected chi connectivity index (χ2v) is 23.8. The molecule has 1 atom stereocenters. The Bertz CT molecular complexity index is 1430. The van der Waals surface area contributed by atoms with Crippen molar-refractivity contribution in [1.82, 2.24) is 0 Å². The van der Waals surface area contributed by atoms with E-state index in [2.05, 4.69) is 81.5 Å². The van der Waals surface area contributed by atoms with E-state index in [4.69, 9.17) is 14.2 Å². The van der Waals surface area contributed by atoms with E-state index < -0.39 is 6.10 Å². The summed E-state index contributed by atoms with van der Waals surface area (Å²) in [5.41, 5.74) is 0. The lowest BCUT2D eigenvalue weighted by Crippen LogP contribution is -2.30. The number of hydrogen-bond acceptors (Lipinski definition) is 6. The molecule has 0 aromatic rings. The Hall–Kier alpha value is -2.89. The van der Waals surface area contributed by atoms with Gasteiger partial charge in [0, 0.05) is 19.3 Å². The molecule has 1 unspecified atom stereocenters. The Morgan fingerprint density at radius 3 is 0.775 bits per heavy atom. The summed E-state index contributed by atoms with van der Waals surface area (Å²) in [7, 11) is 0. The molecule has 0 aliphatic carbocycles. The zero-order chi connectivity index (χ0) is 57.8. The summed E-state index contributed by atoms with van der Waals surface area (Å²) < 4.78 is 17.0. The topological polar surface area (TPSA) is 78.9 Å². The number of allylic oxidation sites excluding steroid dienone is 10. The number of ether oxygens (including phenoxy) is 3. The van der Waals surface area contributed by atoms with Crippen LogP contribution in [0.4, 0.5) is 0 Å². The summed E-state index contributed by atoms with van der Waals surface area (Å²) in [6.07, 6.45) is 88.1. The molecular formula is C74H134O6. The molecular weight excluding hydrogens is 985 g/mol. The van der Waals surface area contributed by atoms with E-state index >= 15 is 0 Å². The quantitative estimate of drug-likeness (QED) is 0.0261. The van der Waals surface area contributed by atoms with Crippen LogP contribution >= 0.6 is 0 Å². The molecule has 0 saturated carbocycles. The molecule has 6 heteroatoms. The van der Waals surface area contributed by atoms with Crippen LogP contribution in [0.5, 0.6) is 0 Å². The maximum absolute atomic E-state index is 13.0. The molecule has 0 bridgehead atoms. The first-order valence-corrected chi connectivity index (χ1v) is 35.3. The lowest BCUT2D eigenvalue weighted by Gasteiger charge is -2.18. The molecule has 0 aromatic carbocycles. The van der Waals surface area contributed by atoms with Gasteiger partial charge in [0.05, 0.1) is 0 Å². The molecule has 0 aliphatic rings.